The molecule has 0 bridgehead atoms. The van der Waals surface area contributed by atoms with Gasteiger partial charge in [0, 0.05) is 28.9 Å². The maximum Gasteiger partial charge on any atom is 0.237 e. The van der Waals surface area contributed by atoms with E-state index in [2.05, 4.69) is 15.4 Å². The maximum atomic E-state index is 12.1. The Morgan fingerprint density at radius 3 is 2.11 bits per heavy atom. The number of nitrogens with zero attached hydrogens (tertiary/aromatic N) is 1. The fourth-order valence-electron chi connectivity index (χ4n) is 5.55. The Bertz CT molecular complexity index is 1940. The van der Waals surface area contributed by atoms with Gasteiger partial charge in [-0.3, -0.25) is 19.6 Å². The van der Waals surface area contributed by atoms with E-state index in [1.807, 2.05) is 67.6 Å². The molecule has 11 heteroatoms. The van der Waals surface area contributed by atoms with Crippen LogP contribution < -0.4 is 25.8 Å². The van der Waals surface area contributed by atoms with Gasteiger partial charge in [-0.15, -0.1) is 0 Å². The van der Waals surface area contributed by atoms with Gasteiger partial charge in [0.1, 0.15) is 5.75 Å². The lowest BCUT2D eigenvalue weighted by Gasteiger charge is -2.34. The van der Waals surface area contributed by atoms with E-state index < -0.39 is 15.4 Å². The minimum Gasteiger partial charge on any atom is -0.494 e. The molecule has 1 fully saturated rings. The number of imide groups is 1. The summed E-state index contributed by atoms with van der Waals surface area (Å²) in [4.78, 5) is 28.0. The highest BCUT2D eigenvalue weighted by atomic mass is 32.2. The van der Waals surface area contributed by atoms with Gasteiger partial charge in [-0.25, -0.2) is 13.4 Å². The molecular weight excluding hydrogens is 590 g/mol. The summed E-state index contributed by atoms with van der Waals surface area (Å²) in [6.45, 7) is 1.96. The molecule has 4 aromatic carbocycles. The second kappa shape index (κ2) is 12.8. The van der Waals surface area contributed by atoms with E-state index in [0.29, 0.717) is 36.4 Å². The van der Waals surface area contributed by atoms with Crippen LogP contribution in [-0.4, -0.2) is 38.6 Å². The third-order valence-corrected chi connectivity index (χ3v) is 8.49. The highest BCUT2D eigenvalue weighted by Crippen LogP contribution is 2.38. The average molecular weight is 626 g/mol. The number of rotatable bonds is 7. The van der Waals surface area contributed by atoms with Crippen molar-refractivity contribution < 1.29 is 22.7 Å². The number of sulfonamides is 1. The van der Waals surface area contributed by atoms with E-state index in [1.54, 1.807) is 37.4 Å². The molecule has 1 unspecified atom stereocenters. The number of ether oxygens (including phenoxy) is 1. The van der Waals surface area contributed by atoms with Crippen LogP contribution in [0.3, 0.4) is 0 Å². The Morgan fingerprint density at radius 2 is 1.56 bits per heavy atom. The van der Waals surface area contributed by atoms with Gasteiger partial charge in [-0.05, 0) is 54.8 Å². The van der Waals surface area contributed by atoms with Crippen molar-refractivity contribution >= 4 is 66.4 Å². The maximum absolute atomic E-state index is 12.1. The van der Waals surface area contributed by atoms with Crippen molar-refractivity contribution in [3.8, 4) is 5.75 Å². The van der Waals surface area contributed by atoms with Gasteiger partial charge in [0.05, 0.1) is 46.9 Å². The van der Waals surface area contributed by atoms with Gasteiger partial charge in [0.15, 0.2) is 0 Å². The number of aromatic nitrogens is 1. The molecule has 5 N–H and O–H groups in total. The van der Waals surface area contributed by atoms with E-state index in [1.165, 1.54) is 0 Å². The first kappa shape index (κ1) is 31.3. The summed E-state index contributed by atoms with van der Waals surface area (Å²) in [5.41, 5.74) is 10.5. The summed E-state index contributed by atoms with van der Waals surface area (Å²) < 4.78 is 30.9. The molecule has 0 spiro atoms. The van der Waals surface area contributed by atoms with Gasteiger partial charge in [0.2, 0.25) is 21.8 Å². The average Bonchev–Trinajstić information content (AvgIpc) is 3.02. The summed E-state index contributed by atoms with van der Waals surface area (Å²) >= 11 is 0. The number of fused-ring (bicyclic) bond motifs is 2. The summed E-state index contributed by atoms with van der Waals surface area (Å²) in [5, 5.41) is 7.86. The van der Waals surface area contributed by atoms with E-state index in [9.17, 15) is 18.0 Å². The molecule has 1 saturated heterocycles. The van der Waals surface area contributed by atoms with Crippen LogP contribution in [-0.2, 0) is 25.0 Å². The number of hydrogen-bond acceptors (Lipinski definition) is 8. The monoisotopic (exact) mass is 625 g/mol. The number of carbonyl (C=O) groups excluding carboxylic acids is 2. The molecule has 0 aliphatic carbocycles. The molecule has 10 nitrogen and oxygen atoms in total. The Morgan fingerprint density at radius 1 is 0.933 bits per heavy atom. The number of amides is 2. The third-order valence-electron chi connectivity index (χ3n) is 7.89. The van der Waals surface area contributed by atoms with Crippen molar-refractivity contribution in [3.05, 3.63) is 96.6 Å². The topological polar surface area (TPSA) is 153 Å². The summed E-state index contributed by atoms with van der Waals surface area (Å²) in [5.74, 6) is 0.147. The zero-order valence-electron chi connectivity index (χ0n) is 25.3. The van der Waals surface area contributed by atoms with Crippen molar-refractivity contribution in [1.29, 1.82) is 0 Å². The lowest BCUT2D eigenvalue weighted by molar-refractivity contribution is -0.138. The predicted octanol–water partition coefficient (Wildman–Crippen LogP) is 5.86. The molecule has 6 rings (SSSR count). The Kier molecular flexibility index (Phi) is 8.92. The largest absolute Gasteiger partial charge is 0.494 e. The SMILES string of the molecule is CCC1(c2ccc(N)cc2)CCC(=O)NC1=O.COc1cc(NS(C)(=O)=O)ccc1Nc1c2ccccc2nc2ccccc12. The lowest BCUT2D eigenvalue weighted by atomic mass is 9.72. The zero-order valence-corrected chi connectivity index (χ0v) is 26.1. The van der Waals surface area contributed by atoms with Crippen molar-refractivity contribution in [2.75, 3.05) is 29.1 Å². The molecule has 2 amide bonds. The molecule has 0 radical (unpaired) electrons. The van der Waals surface area contributed by atoms with Gasteiger partial charge >= 0.3 is 0 Å². The first-order chi connectivity index (χ1) is 21.5. The van der Waals surface area contributed by atoms with Crippen LogP contribution in [0.15, 0.2) is 91.0 Å². The fourth-order valence-corrected chi connectivity index (χ4v) is 6.10. The molecule has 1 aliphatic rings. The highest BCUT2D eigenvalue weighted by molar-refractivity contribution is 7.92. The second-order valence-electron chi connectivity index (χ2n) is 10.9. The number of methoxy groups -OCH3 is 1. The van der Waals surface area contributed by atoms with Gasteiger partial charge in [-0.1, -0.05) is 55.5 Å². The number of benzene rings is 4. The second-order valence-corrected chi connectivity index (χ2v) is 12.6. The van der Waals surface area contributed by atoms with Crippen molar-refractivity contribution in [2.45, 2.75) is 31.6 Å². The number of nitrogens with one attached hydrogen (secondary N) is 3. The molecule has 1 atom stereocenters. The van der Waals surface area contributed by atoms with Crippen LogP contribution in [0.2, 0.25) is 0 Å². The highest BCUT2D eigenvalue weighted by Gasteiger charge is 2.42. The first-order valence-corrected chi connectivity index (χ1v) is 16.3. The third kappa shape index (κ3) is 6.83. The predicted molar refractivity (Wildman–Crippen MR) is 179 cm³/mol. The van der Waals surface area contributed by atoms with Gasteiger partial charge < -0.3 is 15.8 Å². The number of carbonyl (C=O) groups is 2. The number of pyridine rings is 1. The molecular formula is C34H35N5O5S. The minimum absolute atomic E-state index is 0.186. The summed E-state index contributed by atoms with van der Waals surface area (Å²) in [6, 6.07) is 28.3. The van der Waals surface area contributed by atoms with E-state index >= 15 is 0 Å². The van der Waals surface area contributed by atoms with Crippen LogP contribution in [0.4, 0.5) is 22.7 Å². The zero-order chi connectivity index (χ0) is 32.2. The first-order valence-electron chi connectivity index (χ1n) is 14.4. The normalized spacial score (nSPS) is 16.4. The van der Waals surface area contributed by atoms with E-state index in [4.69, 9.17) is 15.5 Å². The smallest absolute Gasteiger partial charge is 0.237 e. The quantitative estimate of drug-likeness (QED) is 0.0996. The number of anilines is 4. The molecule has 1 aromatic heterocycles. The van der Waals surface area contributed by atoms with Crippen LogP contribution in [0.25, 0.3) is 21.8 Å². The molecule has 0 saturated carbocycles. The Balaban J connectivity index is 0.000000201. The molecule has 2 heterocycles. The van der Waals surface area contributed by atoms with Crippen molar-refractivity contribution in [3.63, 3.8) is 0 Å². The Hall–Kier alpha value is -5.16. The number of hydrogen-bond donors (Lipinski definition) is 4. The number of piperidine rings is 1. The lowest BCUT2D eigenvalue weighted by Crippen LogP contribution is -2.51. The molecule has 1 aliphatic heterocycles. The van der Waals surface area contributed by atoms with Gasteiger partial charge in [0.25, 0.3) is 0 Å². The number of para-hydroxylation sites is 2. The van der Waals surface area contributed by atoms with Crippen LogP contribution in [0.5, 0.6) is 5.75 Å². The van der Waals surface area contributed by atoms with Crippen LogP contribution in [0.1, 0.15) is 31.7 Å². The standard InChI is InChI=1S/C21H19N3O3S.C13H16N2O2/c1-27-20-13-14(24-28(2,25)26)11-12-19(20)23-21-15-7-3-5-9-17(15)22-18-10-6-4-8-16(18)21;1-2-13(8-7-11(16)15-12(13)17)9-3-5-10(14)6-4-9/h3-13,24H,1-2H3,(H,22,23);3-6H,2,7-8,14H2,1H3,(H,15,16,17). The summed E-state index contributed by atoms with van der Waals surface area (Å²) in [7, 11) is -1.82. The fraction of sp³-hybridized carbons (Fsp3) is 0.206. The number of nitrogens with two attached hydrogens (primary N) is 1. The van der Waals surface area contributed by atoms with E-state index in [-0.39, 0.29) is 11.8 Å². The van der Waals surface area contributed by atoms with Crippen LogP contribution >= 0.6 is 0 Å². The minimum atomic E-state index is -3.37. The molecule has 5 aromatic rings. The van der Waals surface area contributed by atoms with Gasteiger partial charge in [-0.2, -0.15) is 0 Å². The van der Waals surface area contributed by atoms with E-state index in [0.717, 1.165) is 45.0 Å². The molecule has 232 valence electrons. The van der Waals surface area contributed by atoms with Crippen molar-refractivity contribution in [2.24, 2.45) is 0 Å². The van der Waals surface area contributed by atoms with Crippen LogP contribution in [0, 0.1) is 0 Å². The molecule has 45 heavy (non-hydrogen) atoms. The Labute approximate surface area is 262 Å². The summed E-state index contributed by atoms with van der Waals surface area (Å²) in [6.07, 6.45) is 2.75. The van der Waals surface area contributed by atoms with Crippen molar-refractivity contribution in [1.82, 2.24) is 10.3 Å². The number of nitrogen functional groups attached to an aromatic ring is 1.